The Bertz CT molecular complexity index is 3660. The minimum Gasteiger partial charge on any atom is -0.377 e. The average Bonchev–Trinajstić information content (AvgIpc) is 1.67. The fourth-order valence-corrected chi connectivity index (χ4v) is 25.0. The minimum atomic E-state index is -4.47. The van der Waals surface area contributed by atoms with Gasteiger partial charge in [-0.15, -0.1) is 0 Å². The second-order valence-electron chi connectivity index (χ2n) is 45.7. The van der Waals surface area contributed by atoms with Crippen LogP contribution in [0.3, 0.4) is 0 Å². The highest BCUT2D eigenvalue weighted by Gasteiger charge is 2.45. The number of carbonyl (C=O) groups is 9. The van der Waals surface area contributed by atoms with E-state index in [-0.39, 0.29) is 206 Å². The van der Waals surface area contributed by atoms with Gasteiger partial charge in [0.1, 0.15) is 17.3 Å². The maximum Gasteiger partial charge on any atom is 0.472 e. The minimum absolute atomic E-state index is 0.0148. The van der Waals surface area contributed by atoms with Gasteiger partial charge in [0.05, 0.1) is 179 Å². The molecule has 149 heavy (non-hydrogen) atoms. The summed E-state index contributed by atoms with van der Waals surface area (Å²) in [6.45, 7) is 71.0. The zero-order valence-corrected chi connectivity index (χ0v) is 104. The van der Waals surface area contributed by atoms with E-state index < -0.39 is 13.9 Å². The second kappa shape index (κ2) is 81.2. The SMILES string of the molecule is CC(C)CCCCCCCCCC(=O)CCC(=O)N1C[C@H](OC(C)C)C[C@H]1COC(C)C.CC(C)CCCSSCC(=O)N1C[C@H](OC(C)C)C[C@H]1COC(C)C.CC(C)NCCCC(=O)CCC(=O)N1C[C@H](C)C[C@H]1COP(=O)(O)O[C@@H]1C[C@@H](COC(C)C)N(C(=O)CCCNC(C)C)C1.CC(C)OC[C@@H]1C[C@@H](OC(C)C)CN1C(=O)CSSC(C)C.CC(C)OC[C@@H]1C[C@@H](OC(C)C)CN1C(=O)CSSCCC(=O)C(C)C. The molecule has 6 heterocycles. The van der Waals surface area contributed by atoms with Gasteiger partial charge in [-0.2, -0.15) is 0 Å². The van der Waals surface area contributed by atoms with Crippen molar-refractivity contribution in [2.24, 2.45) is 23.7 Å². The van der Waals surface area contributed by atoms with Crippen LogP contribution in [0.2, 0.25) is 0 Å². The first kappa shape index (κ1) is 143. The second-order valence-corrected chi connectivity index (χ2v) is 55.3. The normalized spacial score (nSPS) is 21.5. The van der Waals surface area contributed by atoms with Gasteiger partial charge in [0, 0.05) is 125 Å². The number of nitrogens with zero attached hydrogens (tertiary/aromatic N) is 6. The predicted octanol–water partition coefficient (Wildman–Crippen LogP) is 22.0. The van der Waals surface area contributed by atoms with Crippen LogP contribution in [0.15, 0.2) is 0 Å². The zero-order valence-electron chi connectivity index (χ0n) is 98.5. The van der Waals surface area contributed by atoms with Gasteiger partial charge in [-0.05, 0) is 220 Å². The molecule has 37 heteroatoms. The van der Waals surface area contributed by atoms with Crippen molar-refractivity contribution in [2.45, 2.75) is 521 Å². The number of nitrogens with one attached hydrogen (secondary N) is 2. The number of hydrogen-bond acceptors (Lipinski definition) is 29. The Balaban J connectivity index is 0.000000644. The molecular formula is C112H213N8O22PS6. The molecule has 6 aliphatic rings. The fourth-order valence-electron chi connectivity index (χ4n) is 18.2. The number of amides is 6. The van der Waals surface area contributed by atoms with Crippen LogP contribution in [-0.2, 0) is 99.4 Å². The molecule has 6 aliphatic heterocycles. The van der Waals surface area contributed by atoms with E-state index in [1.54, 1.807) is 53.0 Å². The van der Waals surface area contributed by atoms with Crippen LogP contribution in [0.25, 0.3) is 0 Å². The summed E-state index contributed by atoms with van der Waals surface area (Å²) in [4.78, 5) is 135. The summed E-state index contributed by atoms with van der Waals surface area (Å²) in [6, 6.07) is 0.494. The monoisotopic (exact) mass is 2250 g/mol. The smallest absolute Gasteiger partial charge is 0.377 e. The molecule has 0 bridgehead atoms. The topological polar surface area (TPSA) is 336 Å². The van der Waals surface area contributed by atoms with E-state index in [0.29, 0.717) is 158 Å². The van der Waals surface area contributed by atoms with E-state index in [1.807, 2.05) is 176 Å². The number of hydrogen-bond donors (Lipinski definition) is 3. The van der Waals surface area contributed by atoms with Gasteiger partial charge in [-0.25, -0.2) is 4.57 Å². The Morgan fingerprint density at radius 3 is 0.980 bits per heavy atom. The standard InChI is InChI=1S/C31H59N4O8P.C27H51NO4.C19H35NO4S2.C19H37NO3S2.C16H31NO3S2/c1-22(2)32-14-8-10-28(36)12-13-31(38)34-18-25(7)16-26(34)21-42-44(39,40)43-29-17-27(20-41-24(5)6)35(19-29)30(37)11-9-15-33-23(3)4;1-21(2)14-12-10-8-7-9-11-13-15-25(29)16-17-27(30)28-19-26(32-23(5)6)18-24(28)20-31-22(3)4;1-13(2)18(21)7-8-25-26-12-19(22)20-10-17(24-15(5)6)9-16(20)11-23-14(3)4;1-14(2)8-7-9-24-25-13-19(21)20-11-18(23-16(5)6)10-17(20)12-22-15(3)4;1-11(2)19-9-14-7-15(20-12(3)4)8-17(14)16(18)10-21-22-13(5)6/h22-27,29,32-33H,8-21H2,1-7H3,(H,39,40);21-24,26H,7-20H2,1-6H3;13-17H,7-12H2,1-6H3;14-18H,7-13H2,1-6H3;11-15H,7-10H2,1-6H3/t25-,26+,27+,29-;24-,26+;16-,17+;17-,18+;14-,15+/m10000/s1. The molecule has 0 aromatic heterocycles. The van der Waals surface area contributed by atoms with Gasteiger partial charge in [-0.1, -0.05) is 206 Å². The van der Waals surface area contributed by atoms with Crippen molar-refractivity contribution in [3.63, 3.8) is 0 Å². The maximum atomic E-state index is 13.0. The predicted molar refractivity (Wildman–Crippen MR) is 619 cm³/mol. The molecule has 3 N–H and O–H groups in total. The summed E-state index contributed by atoms with van der Waals surface area (Å²) in [7, 11) is 5.57. The number of phosphoric acid groups is 1. The van der Waals surface area contributed by atoms with Crippen LogP contribution in [0.1, 0.15) is 382 Å². The maximum absolute atomic E-state index is 13.0. The number of unbranched alkanes of at least 4 members (excludes halogenated alkanes) is 6. The third-order valence-corrected chi connectivity index (χ3v) is 33.9. The number of likely N-dealkylation sites (tertiary alicyclic amines) is 6. The number of ketones is 3. The first-order valence-corrected chi connectivity index (χ1v) is 65.9. The molecule has 6 amide bonds. The molecule has 0 aliphatic carbocycles. The van der Waals surface area contributed by atoms with Crippen molar-refractivity contribution in [1.29, 1.82) is 0 Å². The van der Waals surface area contributed by atoms with E-state index in [4.69, 9.17) is 51.7 Å². The number of ether oxygens (including phenoxy) is 9. The van der Waals surface area contributed by atoms with Crippen molar-refractivity contribution in [1.82, 2.24) is 40.0 Å². The molecule has 30 nitrogen and oxygen atoms in total. The molecule has 6 saturated heterocycles. The molecule has 874 valence electrons. The molecular weight excluding hydrogens is 2030 g/mol. The number of rotatable bonds is 72. The lowest BCUT2D eigenvalue weighted by atomic mass is 10.0. The van der Waals surface area contributed by atoms with Crippen LogP contribution in [0.4, 0.5) is 0 Å². The quantitative estimate of drug-likeness (QED) is 0.0289. The van der Waals surface area contributed by atoms with E-state index in [0.717, 1.165) is 81.4 Å². The van der Waals surface area contributed by atoms with E-state index in [2.05, 4.69) is 79.9 Å². The Labute approximate surface area is 928 Å². The lowest BCUT2D eigenvalue weighted by Gasteiger charge is -2.26. The fraction of sp³-hybridized carbons (Fsp3) is 0.920. The van der Waals surface area contributed by atoms with Gasteiger partial charge < -0.3 is 87.6 Å². The van der Waals surface area contributed by atoms with Gasteiger partial charge in [-0.3, -0.25) is 52.2 Å². The molecule has 0 aromatic carbocycles. The number of carbonyl (C=O) groups excluding carboxylic acids is 9. The van der Waals surface area contributed by atoms with Gasteiger partial charge in [0.15, 0.2) is 0 Å². The summed E-state index contributed by atoms with van der Waals surface area (Å²) < 4.78 is 76.6. The molecule has 0 spiro atoms. The molecule has 6 fully saturated rings. The number of Topliss-reactive ketones (excluding diaryl/α,β-unsaturated/α-hetero) is 3. The largest absolute Gasteiger partial charge is 0.472 e. The third-order valence-electron chi connectivity index (χ3n) is 25.4. The molecule has 13 atom stereocenters. The summed E-state index contributed by atoms with van der Waals surface area (Å²) in [5.41, 5.74) is 0. The highest BCUT2D eigenvalue weighted by molar-refractivity contribution is 8.77. The summed E-state index contributed by atoms with van der Waals surface area (Å²) in [5, 5.41) is 7.12. The molecule has 0 saturated carbocycles. The van der Waals surface area contributed by atoms with Crippen molar-refractivity contribution >= 4 is 125 Å². The number of phosphoric ester groups is 1. The molecule has 0 radical (unpaired) electrons. The van der Waals surface area contributed by atoms with Crippen molar-refractivity contribution in [3.05, 3.63) is 0 Å². The Morgan fingerprint density at radius 1 is 0.315 bits per heavy atom. The lowest BCUT2D eigenvalue weighted by molar-refractivity contribution is -0.135. The zero-order chi connectivity index (χ0) is 112. The van der Waals surface area contributed by atoms with Crippen molar-refractivity contribution in [2.75, 3.05) is 121 Å². The van der Waals surface area contributed by atoms with E-state index in [1.165, 1.54) is 62.2 Å². The Morgan fingerprint density at radius 2 is 0.624 bits per heavy atom. The first-order valence-electron chi connectivity index (χ1n) is 57.1. The van der Waals surface area contributed by atoms with Gasteiger partial charge in [0.25, 0.3) is 0 Å². The van der Waals surface area contributed by atoms with Crippen LogP contribution in [0.5, 0.6) is 0 Å². The van der Waals surface area contributed by atoms with Crippen LogP contribution in [0, 0.1) is 23.7 Å². The first-order chi connectivity index (χ1) is 70.1. The summed E-state index contributed by atoms with van der Waals surface area (Å²) >= 11 is 0. The van der Waals surface area contributed by atoms with Crippen LogP contribution in [-0.4, -0.2) is 347 Å². The molecule has 1 unspecified atom stereocenters. The van der Waals surface area contributed by atoms with Crippen LogP contribution < -0.4 is 10.6 Å². The third kappa shape index (κ3) is 69.0. The highest BCUT2D eigenvalue weighted by Crippen LogP contribution is 2.48. The van der Waals surface area contributed by atoms with Crippen LogP contribution >= 0.6 is 72.6 Å². The average molecular weight is 2250 g/mol. The highest BCUT2D eigenvalue weighted by atomic mass is 33.1. The Kier molecular flexibility index (Phi) is 77.8. The van der Waals surface area contributed by atoms with Crippen molar-refractivity contribution < 1.29 is 104 Å². The summed E-state index contributed by atoms with van der Waals surface area (Å²) in [6.07, 6.45) is 22.2. The van der Waals surface area contributed by atoms with Crippen molar-refractivity contribution in [3.8, 4) is 0 Å². The molecule has 6 rings (SSSR count). The molecule has 0 aromatic rings. The lowest BCUT2D eigenvalue weighted by Crippen LogP contribution is -2.40. The summed E-state index contributed by atoms with van der Waals surface area (Å²) in [5.74, 6) is 6.22. The van der Waals surface area contributed by atoms with E-state index in [9.17, 15) is 52.6 Å². The van der Waals surface area contributed by atoms with E-state index >= 15 is 0 Å². The van der Waals surface area contributed by atoms with Gasteiger partial charge in [0.2, 0.25) is 35.4 Å². The Hall–Kier alpha value is -2.40. The van der Waals surface area contributed by atoms with Gasteiger partial charge >= 0.3 is 7.82 Å².